The number of ether oxygens (including phenoxy) is 3. The van der Waals surface area contributed by atoms with Crippen LogP contribution in [0, 0.1) is 0 Å². The largest absolute Gasteiger partial charge is 0.480 e. The van der Waals surface area contributed by atoms with E-state index in [4.69, 9.17) is 14.2 Å². The second-order valence-corrected chi connectivity index (χ2v) is 7.47. The van der Waals surface area contributed by atoms with Crippen molar-refractivity contribution >= 4 is 22.4 Å². The molecular weight excluding hydrogens is 372 g/mol. The molecule has 2 aliphatic heterocycles. The highest BCUT2D eigenvalue weighted by Gasteiger charge is 2.61. The lowest BCUT2D eigenvalue weighted by molar-refractivity contribution is -0.225. The van der Waals surface area contributed by atoms with Gasteiger partial charge in [-0.15, -0.1) is 11.3 Å². The van der Waals surface area contributed by atoms with Crippen LogP contribution in [0.3, 0.4) is 0 Å². The first kappa shape index (κ1) is 17.0. The van der Waals surface area contributed by atoms with Gasteiger partial charge in [0, 0.05) is 29.8 Å². The Morgan fingerprint density at radius 2 is 2.26 bits per heavy atom. The average Bonchev–Trinajstić information content (AvgIpc) is 3.35. The van der Waals surface area contributed by atoms with Gasteiger partial charge >= 0.3 is 0 Å². The SMILES string of the molecule is COc1ncnc2c1c(-c1nccs1)cn2[C@@H]1O[C@H](CO)[C@@H](O)[C@]12CCO2. The van der Waals surface area contributed by atoms with E-state index in [1.54, 1.807) is 13.3 Å². The van der Waals surface area contributed by atoms with E-state index >= 15 is 0 Å². The molecule has 3 aromatic rings. The predicted octanol–water partition coefficient (Wildman–Crippen LogP) is 0.973. The lowest BCUT2D eigenvalue weighted by Gasteiger charge is -2.44. The maximum absolute atomic E-state index is 10.7. The number of rotatable bonds is 4. The summed E-state index contributed by atoms with van der Waals surface area (Å²) < 4.78 is 19.1. The molecule has 10 heteroatoms. The number of nitrogens with zero attached hydrogens (tertiary/aromatic N) is 4. The first-order valence-electron chi connectivity index (χ1n) is 8.57. The molecule has 5 heterocycles. The van der Waals surface area contributed by atoms with E-state index < -0.39 is 24.0 Å². The van der Waals surface area contributed by atoms with Crippen LogP contribution in [0.25, 0.3) is 21.6 Å². The van der Waals surface area contributed by atoms with E-state index in [0.717, 1.165) is 16.0 Å². The molecule has 2 aliphatic rings. The van der Waals surface area contributed by atoms with E-state index in [2.05, 4.69) is 15.0 Å². The molecule has 2 N–H and O–H groups in total. The number of aliphatic hydroxyl groups excluding tert-OH is 2. The van der Waals surface area contributed by atoms with Crippen molar-refractivity contribution in [3.63, 3.8) is 0 Å². The molecule has 5 rings (SSSR count). The van der Waals surface area contributed by atoms with E-state index in [1.165, 1.54) is 17.7 Å². The number of hydrogen-bond donors (Lipinski definition) is 2. The van der Waals surface area contributed by atoms with Crippen molar-refractivity contribution in [2.75, 3.05) is 20.3 Å². The van der Waals surface area contributed by atoms with Crippen molar-refractivity contribution in [3.05, 3.63) is 24.1 Å². The smallest absolute Gasteiger partial charge is 0.226 e. The Morgan fingerprint density at radius 1 is 1.41 bits per heavy atom. The van der Waals surface area contributed by atoms with Gasteiger partial charge in [-0.2, -0.15) is 0 Å². The van der Waals surface area contributed by atoms with Gasteiger partial charge in [0.1, 0.15) is 34.8 Å². The maximum Gasteiger partial charge on any atom is 0.226 e. The van der Waals surface area contributed by atoms with Crippen LogP contribution >= 0.6 is 11.3 Å². The fourth-order valence-electron chi connectivity index (χ4n) is 3.93. The summed E-state index contributed by atoms with van der Waals surface area (Å²) in [5, 5.41) is 23.7. The predicted molar refractivity (Wildman–Crippen MR) is 95.5 cm³/mol. The van der Waals surface area contributed by atoms with E-state index in [-0.39, 0.29) is 6.61 Å². The van der Waals surface area contributed by atoms with Crippen molar-refractivity contribution in [2.24, 2.45) is 0 Å². The van der Waals surface area contributed by atoms with Gasteiger partial charge in [0.15, 0.2) is 6.23 Å². The molecule has 2 fully saturated rings. The molecule has 0 saturated carbocycles. The molecule has 2 saturated heterocycles. The molecule has 0 unspecified atom stereocenters. The first-order chi connectivity index (χ1) is 13.2. The summed E-state index contributed by atoms with van der Waals surface area (Å²) in [6, 6.07) is 0. The average molecular weight is 390 g/mol. The summed E-state index contributed by atoms with van der Waals surface area (Å²) in [6.45, 7) is 0.242. The molecule has 3 aromatic heterocycles. The highest BCUT2D eigenvalue weighted by molar-refractivity contribution is 7.13. The second kappa shape index (κ2) is 6.21. The summed E-state index contributed by atoms with van der Waals surface area (Å²) in [7, 11) is 1.55. The van der Waals surface area contributed by atoms with Crippen LogP contribution < -0.4 is 4.74 Å². The first-order valence-corrected chi connectivity index (χ1v) is 9.45. The third kappa shape index (κ3) is 2.28. The van der Waals surface area contributed by atoms with Crippen LogP contribution in [-0.2, 0) is 9.47 Å². The Morgan fingerprint density at radius 3 is 2.89 bits per heavy atom. The molecule has 0 aromatic carbocycles. The zero-order valence-electron chi connectivity index (χ0n) is 14.5. The molecule has 142 valence electrons. The van der Waals surface area contributed by atoms with Crippen molar-refractivity contribution in [1.82, 2.24) is 19.5 Å². The number of hydrogen-bond acceptors (Lipinski definition) is 9. The number of aromatic nitrogens is 4. The van der Waals surface area contributed by atoms with Crippen LogP contribution in [0.2, 0.25) is 0 Å². The molecular formula is C17H18N4O5S. The van der Waals surface area contributed by atoms with Crippen LogP contribution in [0.1, 0.15) is 12.6 Å². The van der Waals surface area contributed by atoms with E-state index in [9.17, 15) is 10.2 Å². The van der Waals surface area contributed by atoms with Gasteiger partial charge in [-0.05, 0) is 0 Å². The third-order valence-electron chi connectivity index (χ3n) is 5.30. The summed E-state index contributed by atoms with van der Waals surface area (Å²) >= 11 is 1.49. The summed E-state index contributed by atoms with van der Waals surface area (Å²) in [5.74, 6) is 0.435. The van der Waals surface area contributed by atoms with Crippen molar-refractivity contribution in [2.45, 2.75) is 30.5 Å². The topological polar surface area (TPSA) is 112 Å². The van der Waals surface area contributed by atoms with E-state index in [0.29, 0.717) is 24.6 Å². The Labute approximate surface area is 158 Å². The molecule has 0 bridgehead atoms. The highest BCUT2D eigenvalue weighted by Crippen LogP contribution is 2.50. The quantitative estimate of drug-likeness (QED) is 0.678. The van der Waals surface area contributed by atoms with Crippen LogP contribution in [0.5, 0.6) is 5.88 Å². The Bertz CT molecular complexity index is 971. The van der Waals surface area contributed by atoms with E-state index in [1.807, 2.05) is 16.1 Å². The molecule has 0 aliphatic carbocycles. The molecule has 1 spiro atoms. The highest BCUT2D eigenvalue weighted by atomic mass is 32.1. The lowest BCUT2D eigenvalue weighted by Crippen LogP contribution is -2.56. The zero-order chi connectivity index (χ0) is 18.6. The minimum atomic E-state index is -0.925. The minimum Gasteiger partial charge on any atom is -0.480 e. The van der Waals surface area contributed by atoms with Crippen molar-refractivity contribution in [3.8, 4) is 16.5 Å². The summed E-state index contributed by atoms with van der Waals surface area (Å²) in [6.07, 6.45) is 3.38. The number of fused-ring (bicyclic) bond motifs is 1. The fourth-order valence-corrected chi connectivity index (χ4v) is 4.59. The fraction of sp³-hybridized carbons (Fsp3) is 0.471. The zero-order valence-corrected chi connectivity index (χ0v) is 15.3. The Kier molecular flexibility index (Phi) is 3.92. The third-order valence-corrected chi connectivity index (χ3v) is 6.11. The number of methoxy groups -OCH3 is 1. The molecule has 27 heavy (non-hydrogen) atoms. The standard InChI is InChI=1S/C17H18N4O5S/c1-24-14-11-9(15-18-3-5-27-15)6-21(13(11)19-8-20-14)16-17(2-4-25-17)12(23)10(7-22)26-16/h3,5-6,8,10,12,16,22-23H,2,4,7H2,1H3/t10-,12-,16-,17-/m1/s1. The molecule has 9 nitrogen and oxygen atoms in total. The van der Waals surface area contributed by atoms with Crippen LogP contribution in [0.15, 0.2) is 24.1 Å². The van der Waals surface area contributed by atoms with Gasteiger partial charge in [-0.25, -0.2) is 15.0 Å². The summed E-state index contributed by atoms with van der Waals surface area (Å²) in [4.78, 5) is 13.1. The van der Waals surface area contributed by atoms with Gasteiger partial charge in [0.2, 0.25) is 5.88 Å². The van der Waals surface area contributed by atoms with Crippen molar-refractivity contribution < 1.29 is 24.4 Å². The molecule has 4 atom stereocenters. The normalized spacial score (nSPS) is 30.1. The Hall–Kier alpha value is -2.11. The molecule has 0 radical (unpaired) electrons. The number of thiazole rings is 1. The number of aliphatic hydroxyl groups is 2. The Balaban J connectivity index is 1.73. The lowest BCUT2D eigenvalue weighted by atomic mass is 9.86. The summed E-state index contributed by atoms with van der Waals surface area (Å²) in [5.41, 5.74) is 0.507. The van der Waals surface area contributed by atoms with Gasteiger partial charge in [-0.3, -0.25) is 0 Å². The van der Waals surface area contributed by atoms with Crippen LogP contribution in [0.4, 0.5) is 0 Å². The van der Waals surface area contributed by atoms with Gasteiger partial charge in [-0.1, -0.05) is 0 Å². The second-order valence-electron chi connectivity index (χ2n) is 6.58. The minimum absolute atomic E-state index is 0.292. The monoisotopic (exact) mass is 390 g/mol. The maximum atomic E-state index is 10.7. The van der Waals surface area contributed by atoms with Crippen LogP contribution in [-0.4, -0.2) is 67.9 Å². The molecule has 0 amide bonds. The van der Waals surface area contributed by atoms with Gasteiger partial charge in [0.05, 0.1) is 25.7 Å². The van der Waals surface area contributed by atoms with Gasteiger partial charge in [0.25, 0.3) is 0 Å². The van der Waals surface area contributed by atoms with Crippen molar-refractivity contribution in [1.29, 1.82) is 0 Å². The van der Waals surface area contributed by atoms with Gasteiger partial charge < -0.3 is 29.0 Å².